The Labute approximate surface area is 232 Å². The number of rotatable bonds is 6. The van der Waals surface area contributed by atoms with Crippen molar-refractivity contribution in [3.63, 3.8) is 0 Å². The average Bonchev–Trinajstić information content (AvgIpc) is 3.48. The fraction of sp³-hybridized carbons (Fsp3) is 0.240. The van der Waals surface area contributed by atoms with Crippen molar-refractivity contribution in [1.29, 1.82) is 0 Å². The molecule has 14 heteroatoms. The standard InChI is InChI=1S/C25H20ClFN6O4S2/c26-16-6-5-13(27)7-15(16)19-21-22(31-24(35)20-14-3-1-2-4-17(14)38-32-20)30-23(33(21)9-18(34)29-19)25(36)28-8-12-10-39(37)11-12/h1-7,12,19H,8-11H2,(H,28,36)(H,29,34)(H,31,35). The lowest BCUT2D eigenvalue weighted by atomic mass is 10.0. The number of amides is 3. The predicted octanol–water partition coefficient (Wildman–Crippen LogP) is 2.87. The number of carbonyl (C=O) groups excluding carboxylic acids is 3. The molecule has 0 spiro atoms. The molecule has 0 saturated carbocycles. The van der Waals surface area contributed by atoms with E-state index in [1.165, 1.54) is 34.3 Å². The molecule has 2 aliphatic heterocycles. The van der Waals surface area contributed by atoms with Crippen LogP contribution in [0.25, 0.3) is 10.1 Å². The van der Waals surface area contributed by atoms with Crippen molar-refractivity contribution in [2.75, 3.05) is 23.4 Å². The van der Waals surface area contributed by atoms with E-state index in [2.05, 4.69) is 25.3 Å². The number of halogens is 2. The Morgan fingerprint density at radius 3 is 2.79 bits per heavy atom. The SMILES string of the molecule is O=C1Cn2c(C(=O)NCC3CS(=O)C3)nc(NC(=O)c3nsc4ccccc34)c2C(c2cc(F)ccc2Cl)N1. The van der Waals surface area contributed by atoms with Gasteiger partial charge in [0.2, 0.25) is 11.7 Å². The lowest BCUT2D eigenvalue weighted by Crippen LogP contribution is -2.43. The van der Waals surface area contributed by atoms with E-state index in [1.54, 1.807) is 12.1 Å². The van der Waals surface area contributed by atoms with Crippen LogP contribution in [-0.4, -0.2) is 53.9 Å². The molecule has 2 aliphatic rings. The molecule has 3 amide bonds. The molecule has 200 valence electrons. The Balaban J connectivity index is 1.41. The highest BCUT2D eigenvalue weighted by molar-refractivity contribution is 7.86. The smallest absolute Gasteiger partial charge is 0.287 e. The molecule has 0 aliphatic carbocycles. The number of fused-ring (bicyclic) bond motifs is 2. The summed E-state index contributed by atoms with van der Waals surface area (Å²) >= 11 is 7.56. The number of aromatic nitrogens is 3. The van der Waals surface area contributed by atoms with Gasteiger partial charge in [0, 0.05) is 44.8 Å². The Hall–Kier alpha value is -3.68. The van der Waals surface area contributed by atoms with Crippen molar-refractivity contribution in [3.8, 4) is 0 Å². The van der Waals surface area contributed by atoms with E-state index >= 15 is 0 Å². The van der Waals surface area contributed by atoms with Gasteiger partial charge in [-0.05, 0) is 41.7 Å². The lowest BCUT2D eigenvalue weighted by molar-refractivity contribution is -0.123. The normalized spacial score (nSPS) is 20.2. The fourth-order valence-electron chi connectivity index (χ4n) is 4.69. The summed E-state index contributed by atoms with van der Waals surface area (Å²) in [6, 6.07) is 10.0. The van der Waals surface area contributed by atoms with Gasteiger partial charge < -0.3 is 20.5 Å². The summed E-state index contributed by atoms with van der Waals surface area (Å²) in [5, 5.41) is 9.15. The van der Waals surface area contributed by atoms with Gasteiger partial charge in [0.1, 0.15) is 18.1 Å². The Morgan fingerprint density at radius 2 is 2.00 bits per heavy atom. The quantitative estimate of drug-likeness (QED) is 0.318. The maximum Gasteiger partial charge on any atom is 0.287 e. The highest BCUT2D eigenvalue weighted by Crippen LogP contribution is 2.36. The second-order valence-corrected chi connectivity index (χ2v) is 12.0. The first-order valence-corrected chi connectivity index (χ1v) is 14.6. The minimum Gasteiger partial charge on any atom is -0.349 e. The number of hydrogen-bond acceptors (Lipinski definition) is 7. The molecule has 1 atom stereocenters. The Morgan fingerprint density at radius 1 is 1.21 bits per heavy atom. The lowest BCUT2D eigenvalue weighted by Gasteiger charge is -2.28. The zero-order valence-electron chi connectivity index (χ0n) is 20.1. The van der Waals surface area contributed by atoms with Gasteiger partial charge in [-0.15, -0.1) is 0 Å². The van der Waals surface area contributed by atoms with Crippen LogP contribution in [0.4, 0.5) is 10.2 Å². The van der Waals surface area contributed by atoms with Crippen LogP contribution in [0.15, 0.2) is 42.5 Å². The maximum absolute atomic E-state index is 14.2. The average molecular weight is 587 g/mol. The number of nitrogens with one attached hydrogen (secondary N) is 3. The summed E-state index contributed by atoms with van der Waals surface area (Å²) in [6.45, 7) is 0.0437. The van der Waals surface area contributed by atoms with Crippen molar-refractivity contribution >= 4 is 67.6 Å². The summed E-state index contributed by atoms with van der Waals surface area (Å²) in [6.07, 6.45) is 0. The van der Waals surface area contributed by atoms with Gasteiger partial charge in [0.25, 0.3) is 11.8 Å². The molecule has 1 saturated heterocycles. The molecule has 4 heterocycles. The summed E-state index contributed by atoms with van der Waals surface area (Å²) < 4.78 is 32.2. The van der Waals surface area contributed by atoms with Crippen LogP contribution in [-0.2, 0) is 22.1 Å². The molecular weight excluding hydrogens is 567 g/mol. The van der Waals surface area contributed by atoms with E-state index < -0.39 is 40.4 Å². The van der Waals surface area contributed by atoms with Gasteiger partial charge in [-0.1, -0.05) is 29.8 Å². The second-order valence-electron chi connectivity index (χ2n) is 9.25. The van der Waals surface area contributed by atoms with Crippen LogP contribution in [0.1, 0.15) is 38.4 Å². The first kappa shape index (κ1) is 25.6. The van der Waals surface area contributed by atoms with Crippen molar-refractivity contribution in [1.82, 2.24) is 24.6 Å². The zero-order chi connectivity index (χ0) is 27.3. The van der Waals surface area contributed by atoms with Crippen LogP contribution in [0, 0.1) is 11.7 Å². The van der Waals surface area contributed by atoms with Gasteiger partial charge in [-0.3, -0.25) is 18.6 Å². The molecule has 0 radical (unpaired) electrons. The first-order chi connectivity index (χ1) is 18.8. The van der Waals surface area contributed by atoms with Crippen LogP contribution >= 0.6 is 23.1 Å². The second kappa shape index (κ2) is 10.1. The molecule has 1 unspecified atom stereocenters. The fourth-order valence-corrected chi connectivity index (χ4v) is 6.88. The molecule has 4 aromatic rings. The zero-order valence-corrected chi connectivity index (χ0v) is 22.5. The van der Waals surface area contributed by atoms with Crippen LogP contribution in [0.3, 0.4) is 0 Å². The third-order valence-electron chi connectivity index (χ3n) is 6.58. The molecule has 10 nitrogen and oxygen atoms in total. The number of imidazole rings is 1. The minimum absolute atomic E-state index is 0.0114. The van der Waals surface area contributed by atoms with Gasteiger partial charge in [0.15, 0.2) is 5.82 Å². The maximum atomic E-state index is 14.2. The molecule has 0 bridgehead atoms. The van der Waals surface area contributed by atoms with Crippen molar-refractivity contribution in [2.24, 2.45) is 5.92 Å². The number of nitrogens with zero attached hydrogens (tertiary/aromatic N) is 3. The third kappa shape index (κ3) is 4.81. The number of benzene rings is 2. The largest absolute Gasteiger partial charge is 0.349 e. The van der Waals surface area contributed by atoms with Crippen LogP contribution in [0.2, 0.25) is 5.02 Å². The number of carbonyl (C=O) groups is 3. The molecule has 1 fully saturated rings. The van der Waals surface area contributed by atoms with E-state index in [0.29, 0.717) is 23.4 Å². The first-order valence-electron chi connectivity index (χ1n) is 11.9. The van der Waals surface area contributed by atoms with Gasteiger partial charge >= 0.3 is 0 Å². The van der Waals surface area contributed by atoms with E-state index in [9.17, 15) is 23.0 Å². The van der Waals surface area contributed by atoms with E-state index in [0.717, 1.165) is 4.70 Å². The number of hydrogen-bond donors (Lipinski definition) is 3. The van der Waals surface area contributed by atoms with Crippen LogP contribution in [0.5, 0.6) is 0 Å². The Bertz CT molecular complexity index is 1680. The molecule has 2 aromatic heterocycles. The summed E-state index contributed by atoms with van der Waals surface area (Å²) in [5.74, 6) is -1.13. The summed E-state index contributed by atoms with van der Waals surface area (Å²) in [5.41, 5.74) is 0.691. The van der Waals surface area contributed by atoms with Gasteiger partial charge in [0.05, 0.1) is 16.4 Å². The van der Waals surface area contributed by atoms with Gasteiger partial charge in [-0.25, -0.2) is 9.37 Å². The molecular formula is C25H20ClFN6O4S2. The van der Waals surface area contributed by atoms with Crippen molar-refractivity contribution in [2.45, 2.75) is 12.6 Å². The van der Waals surface area contributed by atoms with Gasteiger partial charge in [-0.2, -0.15) is 4.37 Å². The summed E-state index contributed by atoms with van der Waals surface area (Å²) in [7, 11) is -0.867. The van der Waals surface area contributed by atoms with Crippen molar-refractivity contribution < 1.29 is 23.0 Å². The highest BCUT2D eigenvalue weighted by atomic mass is 35.5. The predicted molar refractivity (Wildman–Crippen MR) is 145 cm³/mol. The van der Waals surface area contributed by atoms with E-state index in [4.69, 9.17) is 11.6 Å². The molecule has 39 heavy (non-hydrogen) atoms. The minimum atomic E-state index is -1.000. The summed E-state index contributed by atoms with van der Waals surface area (Å²) in [4.78, 5) is 43.7. The molecule has 6 rings (SSSR count). The van der Waals surface area contributed by atoms with E-state index in [-0.39, 0.29) is 46.1 Å². The highest BCUT2D eigenvalue weighted by Gasteiger charge is 2.36. The molecule has 2 aromatic carbocycles. The molecule has 3 N–H and O–H groups in total. The van der Waals surface area contributed by atoms with Crippen LogP contribution < -0.4 is 16.0 Å². The Kier molecular flexibility index (Phi) is 6.65. The third-order valence-corrected chi connectivity index (χ3v) is 9.44. The monoisotopic (exact) mass is 586 g/mol. The number of anilines is 1. The van der Waals surface area contributed by atoms with E-state index in [1.807, 2.05) is 12.1 Å². The van der Waals surface area contributed by atoms with Crippen molar-refractivity contribution in [3.05, 3.63) is 76.1 Å². The topological polar surface area (TPSA) is 135 Å².